The average Bonchev–Trinajstić information content (AvgIpc) is 3.14. The Bertz CT molecular complexity index is 1170. The van der Waals surface area contributed by atoms with Gasteiger partial charge in [-0.15, -0.1) is 0 Å². The second-order valence-corrected chi connectivity index (χ2v) is 9.13. The summed E-state index contributed by atoms with van der Waals surface area (Å²) in [5.74, 6) is -0.379. The standard InChI is InChI=1S/C20H20F2N2O5S/c21-12-3-6-14-15(8-23-17(14)7-12)11-1-4-13(5-2-11)30(28,29)24-9-16(22)19(26)20(27)18(24)10-25/h1-8,16,18-20,23,25-27H,9-10H2. The molecule has 4 N–H and O–H groups in total. The third-order valence-electron chi connectivity index (χ3n) is 5.44. The SMILES string of the molecule is O=S(=O)(c1ccc(-c2c[nH]c3cc(F)ccc23)cc1)N1CC(F)C(O)C(O)C1CO. The molecule has 2 heterocycles. The van der Waals surface area contributed by atoms with Crippen molar-refractivity contribution in [2.45, 2.75) is 29.3 Å². The smallest absolute Gasteiger partial charge is 0.243 e. The maximum Gasteiger partial charge on any atom is 0.243 e. The number of rotatable bonds is 4. The molecular formula is C20H20F2N2O5S. The number of nitrogens with zero attached hydrogens (tertiary/aromatic N) is 1. The van der Waals surface area contributed by atoms with E-state index in [0.29, 0.717) is 15.4 Å². The number of aromatic nitrogens is 1. The summed E-state index contributed by atoms with van der Waals surface area (Å²) in [5.41, 5.74) is 2.04. The number of hydrogen-bond acceptors (Lipinski definition) is 5. The fourth-order valence-electron chi connectivity index (χ4n) is 3.78. The largest absolute Gasteiger partial charge is 0.395 e. The monoisotopic (exact) mass is 438 g/mol. The van der Waals surface area contributed by atoms with Crippen LogP contribution >= 0.6 is 0 Å². The Kier molecular flexibility index (Phi) is 5.37. The lowest BCUT2D eigenvalue weighted by molar-refractivity contribution is -0.102. The van der Waals surface area contributed by atoms with E-state index in [1.165, 1.54) is 24.3 Å². The van der Waals surface area contributed by atoms with Crippen molar-refractivity contribution in [3.8, 4) is 11.1 Å². The number of benzene rings is 2. The zero-order chi connectivity index (χ0) is 21.6. The summed E-state index contributed by atoms with van der Waals surface area (Å²) in [6.45, 7) is -1.45. The zero-order valence-electron chi connectivity index (χ0n) is 15.6. The molecule has 7 nitrogen and oxygen atoms in total. The van der Waals surface area contributed by atoms with E-state index in [2.05, 4.69) is 4.98 Å². The quantitative estimate of drug-likeness (QED) is 0.492. The van der Waals surface area contributed by atoms with Crippen molar-refractivity contribution in [2.75, 3.05) is 13.2 Å². The van der Waals surface area contributed by atoms with Gasteiger partial charge >= 0.3 is 0 Å². The fraction of sp³-hybridized carbons (Fsp3) is 0.300. The molecule has 4 atom stereocenters. The summed E-state index contributed by atoms with van der Waals surface area (Å²) >= 11 is 0. The van der Waals surface area contributed by atoms with Crippen LogP contribution in [0.25, 0.3) is 22.0 Å². The van der Waals surface area contributed by atoms with Crippen LogP contribution in [-0.2, 0) is 10.0 Å². The van der Waals surface area contributed by atoms with Gasteiger partial charge in [0, 0.05) is 29.2 Å². The molecule has 0 saturated carbocycles. The highest BCUT2D eigenvalue weighted by Gasteiger charge is 2.47. The number of aromatic amines is 1. The highest BCUT2D eigenvalue weighted by atomic mass is 32.2. The molecule has 1 fully saturated rings. The van der Waals surface area contributed by atoms with E-state index in [4.69, 9.17) is 0 Å². The van der Waals surface area contributed by atoms with Gasteiger partial charge in [0.2, 0.25) is 10.0 Å². The number of hydrogen-bond donors (Lipinski definition) is 4. The number of H-pyrrole nitrogens is 1. The first-order valence-electron chi connectivity index (χ1n) is 9.24. The van der Waals surface area contributed by atoms with E-state index >= 15 is 0 Å². The minimum absolute atomic E-state index is 0.147. The van der Waals surface area contributed by atoms with Crippen LogP contribution in [-0.4, -0.2) is 70.6 Å². The summed E-state index contributed by atoms with van der Waals surface area (Å²) in [5, 5.41) is 29.9. The number of fused-ring (bicyclic) bond motifs is 1. The summed E-state index contributed by atoms with van der Waals surface area (Å²) < 4.78 is 54.1. The molecule has 10 heteroatoms. The predicted molar refractivity (Wildman–Crippen MR) is 105 cm³/mol. The molecule has 0 spiro atoms. The van der Waals surface area contributed by atoms with Crippen molar-refractivity contribution in [1.82, 2.24) is 9.29 Å². The molecule has 0 bridgehead atoms. The second-order valence-electron chi connectivity index (χ2n) is 7.24. The predicted octanol–water partition coefficient (Wildman–Crippen LogP) is 1.40. The molecule has 0 amide bonds. The molecule has 1 aromatic heterocycles. The second kappa shape index (κ2) is 7.71. The third kappa shape index (κ3) is 3.40. The molecular weight excluding hydrogens is 418 g/mol. The third-order valence-corrected chi connectivity index (χ3v) is 7.35. The van der Waals surface area contributed by atoms with Gasteiger partial charge in [-0.2, -0.15) is 4.31 Å². The molecule has 160 valence electrons. The van der Waals surface area contributed by atoms with Crippen LogP contribution in [0.15, 0.2) is 53.6 Å². The highest BCUT2D eigenvalue weighted by Crippen LogP contribution is 2.32. The zero-order valence-corrected chi connectivity index (χ0v) is 16.4. The molecule has 1 aliphatic rings. The van der Waals surface area contributed by atoms with Gasteiger partial charge in [0.15, 0.2) is 0 Å². The van der Waals surface area contributed by atoms with Gasteiger partial charge in [0.25, 0.3) is 0 Å². The molecule has 4 unspecified atom stereocenters. The lowest BCUT2D eigenvalue weighted by Crippen LogP contribution is -2.62. The number of piperidine rings is 1. The molecule has 1 saturated heterocycles. The van der Waals surface area contributed by atoms with Crippen LogP contribution in [0.4, 0.5) is 8.78 Å². The van der Waals surface area contributed by atoms with E-state index < -0.39 is 47.6 Å². The van der Waals surface area contributed by atoms with Crippen molar-refractivity contribution >= 4 is 20.9 Å². The number of halogens is 2. The lowest BCUT2D eigenvalue weighted by Gasteiger charge is -2.41. The normalized spacial score (nSPS) is 25.6. The van der Waals surface area contributed by atoms with Crippen LogP contribution < -0.4 is 0 Å². The van der Waals surface area contributed by atoms with Crippen LogP contribution in [0.5, 0.6) is 0 Å². The first-order chi connectivity index (χ1) is 14.2. The first-order valence-corrected chi connectivity index (χ1v) is 10.7. The molecule has 2 aromatic carbocycles. The Morgan fingerprint density at radius 2 is 1.80 bits per heavy atom. The van der Waals surface area contributed by atoms with Crippen molar-refractivity contribution in [3.05, 3.63) is 54.5 Å². The van der Waals surface area contributed by atoms with Crippen LogP contribution in [0.1, 0.15) is 0 Å². The molecule has 30 heavy (non-hydrogen) atoms. The lowest BCUT2D eigenvalue weighted by atomic mass is 9.97. The van der Waals surface area contributed by atoms with Crippen molar-refractivity contribution in [3.63, 3.8) is 0 Å². The summed E-state index contributed by atoms with van der Waals surface area (Å²) in [6.07, 6.45) is -3.82. The van der Waals surface area contributed by atoms with Gasteiger partial charge in [-0.3, -0.25) is 0 Å². The molecule has 0 aliphatic carbocycles. The van der Waals surface area contributed by atoms with Crippen LogP contribution in [0.3, 0.4) is 0 Å². The van der Waals surface area contributed by atoms with E-state index in [1.54, 1.807) is 24.4 Å². The Morgan fingerprint density at radius 1 is 1.10 bits per heavy atom. The summed E-state index contributed by atoms with van der Waals surface area (Å²) in [7, 11) is -4.24. The number of sulfonamides is 1. The van der Waals surface area contributed by atoms with Gasteiger partial charge in [0.05, 0.1) is 17.5 Å². The van der Waals surface area contributed by atoms with Gasteiger partial charge in [0.1, 0.15) is 24.2 Å². The average molecular weight is 438 g/mol. The van der Waals surface area contributed by atoms with Gasteiger partial charge in [-0.25, -0.2) is 17.2 Å². The van der Waals surface area contributed by atoms with E-state index in [-0.39, 0.29) is 10.7 Å². The van der Waals surface area contributed by atoms with Gasteiger partial charge in [-0.1, -0.05) is 12.1 Å². The maximum absolute atomic E-state index is 14.0. The first kappa shape index (κ1) is 20.9. The molecule has 1 aliphatic heterocycles. The molecule has 0 radical (unpaired) electrons. The number of aliphatic hydroxyl groups excluding tert-OH is 3. The minimum atomic E-state index is -4.24. The minimum Gasteiger partial charge on any atom is -0.395 e. The van der Waals surface area contributed by atoms with Crippen LogP contribution in [0.2, 0.25) is 0 Å². The molecule has 4 rings (SSSR count). The summed E-state index contributed by atoms with van der Waals surface area (Å²) in [6, 6.07) is 8.75. The Morgan fingerprint density at radius 3 is 2.47 bits per heavy atom. The van der Waals surface area contributed by atoms with Crippen molar-refractivity contribution in [2.24, 2.45) is 0 Å². The topological polar surface area (TPSA) is 114 Å². The van der Waals surface area contributed by atoms with E-state index in [9.17, 15) is 32.5 Å². The Labute approximate surface area is 171 Å². The van der Waals surface area contributed by atoms with Crippen molar-refractivity contribution in [1.29, 1.82) is 0 Å². The summed E-state index contributed by atoms with van der Waals surface area (Å²) in [4.78, 5) is 2.82. The number of alkyl halides is 1. The highest BCUT2D eigenvalue weighted by molar-refractivity contribution is 7.89. The van der Waals surface area contributed by atoms with E-state index in [0.717, 1.165) is 10.9 Å². The van der Waals surface area contributed by atoms with Gasteiger partial charge in [-0.05, 0) is 35.9 Å². The van der Waals surface area contributed by atoms with Crippen LogP contribution in [0, 0.1) is 5.82 Å². The van der Waals surface area contributed by atoms with Gasteiger partial charge < -0.3 is 20.3 Å². The molecule has 3 aromatic rings. The number of nitrogens with one attached hydrogen (secondary N) is 1. The van der Waals surface area contributed by atoms with E-state index in [1.807, 2.05) is 0 Å². The van der Waals surface area contributed by atoms with Crippen molar-refractivity contribution < 1.29 is 32.5 Å². The fourth-order valence-corrected chi connectivity index (χ4v) is 5.42. The number of aliphatic hydroxyl groups is 3. The Hall–Kier alpha value is -2.37. The Balaban J connectivity index is 1.67. The maximum atomic E-state index is 14.0.